The highest BCUT2D eigenvalue weighted by atomic mass is 19.1. The number of benzene rings is 2. The van der Waals surface area contributed by atoms with Gasteiger partial charge in [-0.3, -0.25) is 9.69 Å². The van der Waals surface area contributed by atoms with Crippen LogP contribution in [0.3, 0.4) is 0 Å². The molecular weight excluding hydrogens is 303 g/mol. The van der Waals surface area contributed by atoms with Crippen LogP contribution in [0.4, 0.5) is 4.39 Å². The summed E-state index contributed by atoms with van der Waals surface area (Å²) in [6.45, 7) is 9.53. The smallest absolute Gasteiger partial charge is 0.251 e. The van der Waals surface area contributed by atoms with Crippen LogP contribution in [0.2, 0.25) is 0 Å². The van der Waals surface area contributed by atoms with Crippen LogP contribution in [-0.2, 0) is 13.1 Å². The van der Waals surface area contributed by atoms with Crippen molar-refractivity contribution in [1.29, 1.82) is 0 Å². The molecule has 0 unspecified atom stereocenters. The molecule has 0 spiro atoms. The Bertz CT molecular complexity index is 679. The first-order valence-electron chi connectivity index (χ1n) is 8.38. The van der Waals surface area contributed by atoms with Gasteiger partial charge < -0.3 is 5.32 Å². The van der Waals surface area contributed by atoms with Gasteiger partial charge in [-0.15, -0.1) is 0 Å². The van der Waals surface area contributed by atoms with Crippen molar-refractivity contribution in [1.82, 2.24) is 10.2 Å². The summed E-state index contributed by atoms with van der Waals surface area (Å²) >= 11 is 0. The quantitative estimate of drug-likeness (QED) is 0.836. The highest BCUT2D eigenvalue weighted by Crippen LogP contribution is 2.11. The van der Waals surface area contributed by atoms with Gasteiger partial charge in [-0.2, -0.15) is 0 Å². The maximum absolute atomic E-state index is 13.3. The van der Waals surface area contributed by atoms with Gasteiger partial charge in [0.25, 0.3) is 5.91 Å². The van der Waals surface area contributed by atoms with E-state index in [1.54, 1.807) is 13.0 Å². The third-order valence-corrected chi connectivity index (χ3v) is 4.22. The van der Waals surface area contributed by atoms with Crippen molar-refractivity contribution in [2.24, 2.45) is 0 Å². The lowest BCUT2D eigenvalue weighted by atomic mass is 10.1. The second kappa shape index (κ2) is 8.60. The fourth-order valence-electron chi connectivity index (χ4n) is 2.58. The second-order valence-electron chi connectivity index (χ2n) is 5.92. The molecule has 1 N–H and O–H groups in total. The Morgan fingerprint density at radius 3 is 2.29 bits per heavy atom. The Labute approximate surface area is 143 Å². The molecule has 2 rings (SSSR count). The number of aryl methyl sites for hydroxylation is 1. The van der Waals surface area contributed by atoms with Crippen molar-refractivity contribution >= 4 is 5.91 Å². The minimum Gasteiger partial charge on any atom is -0.348 e. The third kappa shape index (κ3) is 4.90. The maximum Gasteiger partial charge on any atom is 0.251 e. The zero-order valence-corrected chi connectivity index (χ0v) is 14.6. The summed E-state index contributed by atoms with van der Waals surface area (Å²) in [6.07, 6.45) is 0. The Balaban J connectivity index is 1.94. The Morgan fingerprint density at radius 1 is 1.04 bits per heavy atom. The lowest BCUT2D eigenvalue weighted by Crippen LogP contribution is -2.24. The van der Waals surface area contributed by atoms with Gasteiger partial charge >= 0.3 is 0 Å². The zero-order chi connectivity index (χ0) is 17.5. The maximum atomic E-state index is 13.3. The summed E-state index contributed by atoms with van der Waals surface area (Å²) in [6, 6.07) is 12.5. The molecule has 2 aromatic rings. The fourth-order valence-corrected chi connectivity index (χ4v) is 2.58. The monoisotopic (exact) mass is 328 g/mol. The summed E-state index contributed by atoms with van der Waals surface area (Å²) in [7, 11) is 0. The van der Waals surface area contributed by atoms with Crippen molar-refractivity contribution in [3.05, 3.63) is 70.5 Å². The molecule has 2 aromatic carbocycles. The van der Waals surface area contributed by atoms with Crippen LogP contribution in [0.25, 0.3) is 0 Å². The minimum absolute atomic E-state index is 0.251. The van der Waals surface area contributed by atoms with Crippen molar-refractivity contribution in [3.8, 4) is 0 Å². The predicted octanol–water partition coefficient (Wildman–Crippen LogP) is 3.91. The first-order chi connectivity index (χ1) is 11.5. The molecule has 0 bridgehead atoms. The summed E-state index contributed by atoms with van der Waals surface area (Å²) in [5.41, 5.74) is 3.44. The summed E-state index contributed by atoms with van der Waals surface area (Å²) in [4.78, 5) is 14.5. The van der Waals surface area contributed by atoms with Gasteiger partial charge in [0.1, 0.15) is 5.82 Å². The first kappa shape index (κ1) is 18.1. The average Bonchev–Trinajstić information content (AvgIpc) is 2.60. The second-order valence-corrected chi connectivity index (χ2v) is 5.92. The van der Waals surface area contributed by atoms with Crippen molar-refractivity contribution in [3.63, 3.8) is 0 Å². The zero-order valence-electron chi connectivity index (χ0n) is 14.6. The number of halogens is 1. The van der Waals surface area contributed by atoms with Gasteiger partial charge in [0, 0.05) is 18.7 Å². The topological polar surface area (TPSA) is 32.3 Å². The van der Waals surface area contributed by atoms with Gasteiger partial charge in [-0.25, -0.2) is 4.39 Å². The van der Waals surface area contributed by atoms with E-state index in [-0.39, 0.29) is 5.91 Å². The first-order valence-corrected chi connectivity index (χ1v) is 8.38. The molecular formula is C20H25FN2O. The van der Waals surface area contributed by atoms with Crippen molar-refractivity contribution in [2.45, 2.75) is 33.9 Å². The molecule has 0 radical (unpaired) electrons. The molecule has 0 saturated heterocycles. The molecule has 3 nitrogen and oxygen atoms in total. The van der Waals surface area contributed by atoms with E-state index in [0.29, 0.717) is 12.1 Å². The van der Waals surface area contributed by atoms with Crippen molar-refractivity contribution < 1.29 is 9.18 Å². The van der Waals surface area contributed by atoms with E-state index in [4.69, 9.17) is 0 Å². The highest BCUT2D eigenvalue weighted by Gasteiger charge is 2.10. The van der Waals surface area contributed by atoms with Gasteiger partial charge in [0.05, 0.1) is 0 Å². The van der Waals surface area contributed by atoms with Crippen LogP contribution >= 0.6 is 0 Å². The van der Waals surface area contributed by atoms with Crippen LogP contribution < -0.4 is 5.32 Å². The molecule has 0 saturated carbocycles. The van der Waals surface area contributed by atoms with E-state index in [1.807, 2.05) is 12.1 Å². The van der Waals surface area contributed by atoms with Crippen LogP contribution in [0, 0.1) is 12.7 Å². The number of hydrogen-bond acceptors (Lipinski definition) is 2. The number of rotatable bonds is 7. The van der Waals surface area contributed by atoms with Crippen LogP contribution in [0.5, 0.6) is 0 Å². The van der Waals surface area contributed by atoms with E-state index in [1.165, 1.54) is 17.7 Å². The molecule has 0 heterocycles. The number of hydrogen-bond donors (Lipinski definition) is 1. The minimum atomic E-state index is -0.397. The Kier molecular flexibility index (Phi) is 6.50. The molecule has 0 aliphatic heterocycles. The van der Waals surface area contributed by atoms with Crippen molar-refractivity contribution in [2.75, 3.05) is 13.1 Å². The Hall–Kier alpha value is -2.20. The largest absolute Gasteiger partial charge is 0.348 e. The normalized spacial score (nSPS) is 10.9. The van der Waals surface area contributed by atoms with E-state index >= 15 is 0 Å². The number of amides is 1. The van der Waals surface area contributed by atoms with E-state index in [9.17, 15) is 9.18 Å². The molecule has 0 atom stereocenters. The van der Waals surface area contributed by atoms with Gasteiger partial charge in [-0.1, -0.05) is 44.2 Å². The van der Waals surface area contributed by atoms with E-state index in [0.717, 1.165) is 30.8 Å². The highest BCUT2D eigenvalue weighted by molar-refractivity contribution is 5.95. The molecule has 4 heteroatoms. The summed E-state index contributed by atoms with van der Waals surface area (Å²) in [5.74, 6) is -0.647. The lowest BCUT2D eigenvalue weighted by Gasteiger charge is -2.18. The molecule has 0 aliphatic rings. The number of nitrogens with one attached hydrogen (secondary N) is 1. The molecule has 0 aliphatic carbocycles. The predicted molar refractivity (Wildman–Crippen MR) is 95.4 cm³/mol. The molecule has 1 amide bonds. The molecule has 24 heavy (non-hydrogen) atoms. The number of nitrogens with zero attached hydrogens (tertiary/aromatic N) is 1. The third-order valence-electron chi connectivity index (χ3n) is 4.22. The molecule has 128 valence electrons. The fraction of sp³-hybridized carbons (Fsp3) is 0.350. The lowest BCUT2D eigenvalue weighted by molar-refractivity contribution is 0.0950. The van der Waals surface area contributed by atoms with E-state index in [2.05, 4.69) is 36.2 Å². The summed E-state index contributed by atoms with van der Waals surface area (Å²) in [5, 5.41) is 2.85. The van der Waals surface area contributed by atoms with Crippen LogP contribution in [-0.4, -0.2) is 23.9 Å². The number of carbonyl (C=O) groups excluding carboxylic acids is 1. The Morgan fingerprint density at radius 2 is 1.67 bits per heavy atom. The van der Waals surface area contributed by atoms with Gasteiger partial charge in [0.15, 0.2) is 0 Å². The van der Waals surface area contributed by atoms with Gasteiger partial charge in [0.2, 0.25) is 0 Å². The molecule has 0 fully saturated rings. The van der Waals surface area contributed by atoms with Gasteiger partial charge in [-0.05, 0) is 48.8 Å². The van der Waals surface area contributed by atoms with E-state index < -0.39 is 5.82 Å². The van der Waals surface area contributed by atoms with Crippen LogP contribution in [0.1, 0.15) is 40.9 Å². The summed E-state index contributed by atoms with van der Waals surface area (Å²) < 4.78 is 13.3. The standard InChI is InChI=1S/C20H25FN2O/c1-4-23(5-2)14-17-9-7-16(8-10-17)13-22-20(24)19-12-18(21)11-6-15(19)3/h6-12H,4-5,13-14H2,1-3H3,(H,22,24). The van der Waals surface area contributed by atoms with Crippen LogP contribution in [0.15, 0.2) is 42.5 Å². The number of carbonyl (C=O) groups is 1. The molecule has 0 aromatic heterocycles. The SMILES string of the molecule is CCN(CC)Cc1ccc(CNC(=O)c2cc(F)ccc2C)cc1. The average molecular weight is 328 g/mol.